The first-order valence-corrected chi connectivity index (χ1v) is 9.38. The molecule has 0 spiro atoms. The lowest BCUT2D eigenvalue weighted by Crippen LogP contribution is -2.31. The summed E-state index contributed by atoms with van der Waals surface area (Å²) in [5.74, 6) is -1.35. The van der Waals surface area contributed by atoms with Crippen molar-refractivity contribution >= 4 is 29.1 Å². The fourth-order valence-electron chi connectivity index (χ4n) is 3.33. The largest absolute Gasteiger partial charge is 0.507 e. The Balaban J connectivity index is 2.15. The molecule has 1 aliphatic heterocycles. The lowest BCUT2D eigenvalue weighted by Gasteiger charge is -2.25. The molecule has 7 nitrogen and oxygen atoms in total. The third-order valence-electron chi connectivity index (χ3n) is 4.72. The molecule has 2 heterocycles. The number of hydrogen-bond donors (Lipinski definition) is 1. The van der Waals surface area contributed by atoms with Crippen molar-refractivity contribution in [3.63, 3.8) is 0 Å². The van der Waals surface area contributed by atoms with Crippen LogP contribution in [-0.4, -0.2) is 54.1 Å². The van der Waals surface area contributed by atoms with E-state index in [1.807, 2.05) is 0 Å². The average molecular weight is 417 g/mol. The van der Waals surface area contributed by atoms with E-state index in [0.717, 1.165) is 0 Å². The minimum atomic E-state index is -0.775. The topological polar surface area (TPSA) is 89.0 Å². The van der Waals surface area contributed by atoms with E-state index in [9.17, 15) is 14.7 Å². The summed E-state index contributed by atoms with van der Waals surface area (Å²) in [7, 11) is 3.05. The van der Waals surface area contributed by atoms with Crippen LogP contribution in [0.25, 0.3) is 5.76 Å². The van der Waals surface area contributed by atoms with Gasteiger partial charge in [0.1, 0.15) is 11.5 Å². The molecule has 1 atom stereocenters. The highest BCUT2D eigenvalue weighted by Gasteiger charge is 2.46. The van der Waals surface area contributed by atoms with Crippen molar-refractivity contribution < 1.29 is 24.2 Å². The molecule has 1 amide bonds. The van der Waals surface area contributed by atoms with Crippen LogP contribution in [0.1, 0.15) is 23.6 Å². The zero-order valence-corrected chi connectivity index (χ0v) is 16.8. The highest BCUT2D eigenvalue weighted by molar-refractivity contribution is 6.47. The first-order valence-electron chi connectivity index (χ1n) is 9.00. The first-order chi connectivity index (χ1) is 14.0. The van der Waals surface area contributed by atoms with Crippen molar-refractivity contribution in [3.05, 3.63) is 64.4 Å². The quantitative estimate of drug-likeness (QED) is 0.322. The Morgan fingerprint density at radius 1 is 1.28 bits per heavy atom. The van der Waals surface area contributed by atoms with Crippen molar-refractivity contribution in [1.82, 2.24) is 9.88 Å². The van der Waals surface area contributed by atoms with Crippen molar-refractivity contribution in [2.24, 2.45) is 0 Å². The highest BCUT2D eigenvalue weighted by Crippen LogP contribution is 2.40. The van der Waals surface area contributed by atoms with Crippen molar-refractivity contribution in [1.29, 1.82) is 0 Å². The Hall–Kier alpha value is -2.90. The standard InChI is InChI=1S/C21H21ClN2O5/c1-28-10-4-9-24-18(13-5-3-8-23-12-13)17(20(26)21(24)27)19(25)15-11-14(29-2)6-7-16(15)22/h3,5-8,11-12,18,25H,4,9-10H2,1-2H3/b19-17+. The number of methoxy groups -OCH3 is 2. The predicted molar refractivity (Wildman–Crippen MR) is 108 cm³/mol. The molecule has 0 aliphatic carbocycles. The lowest BCUT2D eigenvalue weighted by molar-refractivity contribution is -0.140. The maximum absolute atomic E-state index is 12.9. The van der Waals surface area contributed by atoms with Crippen LogP contribution in [0.5, 0.6) is 5.75 Å². The van der Waals surface area contributed by atoms with Gasteiger partial charge < -0.3 is 19.5 Å². The second-order valence-electron chi connectivity index (χ2n) is 6.47. The lowest BCUT2D eigenvalue weighted by atomic mass is 9.96. The number of Topliss-reactive ketones (excluding diaryl/α,β-unsaturated/α-hetero) is 1. The van der Waals surface area contributed by atoms with Crippen LogP contribution in [0.15, 0.2) is 48.3 Å². The summed E-state index contributed by atoms with van der Waals surface area (Å²) in [6, 6.07) is 7.42. The fourth-order valence-corrected chi connectivity index (χ4v) is 3.54. The number of rotatable bonds is 7. The number of aliphatic hydroxyl groups excluding tert-OH is 1. The molecule has 1 N–H and O–H groups in total. The molecule has 8 heteroatoms. The molecule has 29 heavy (non-hydrogen) atoms. The number of nitrogens with zero attached hydrogens (tertiary/aromatic N) is 2. The molecule has 0 bridgehead atoms. The van der Waals surface area contributed by atoms with Gasteiger partial charge in [0.05, 0.1) is 23.7 Å². The Kier molecular flexibility index (Phi) is 6.51. The van der Waals surface area contributed by atoms with Gasteiger partial charge in [0, 0.05) is 38.2 Å². The molecule has 1 saturated heterocycles. The molecule has 1 unspecified atom stereocenters. The number of likely N-dealkylation sites (tertiary alicyclic amines) is 1. The smallest absolute Gasteiger partial charge is 0.295 e. The SMILES string of the molecule is COCCCN1C(=O)C(=O)/C(=C(/O)c2cc(OC)ccc2Cl)C1c1cccnc1. The molecule has 3 rings (SSSR count). The van der Waals surface area contributed by atoms with Gasteiger partial charge in [-0.2, -0.15) is 0 Å². The van der Waals surface area contributed by atoms with E-state index in [-0.39, 0.29) is 21.9 Å². The summed E-state index contributed by atoms with van der Waals surface area (Å²) >= 11 is 6.25. The Labute approximate surface area is 173 Å². The van der Waals surface area contributed by atoms with E-state index in [1.54, 1.807) is 43.8 Å². The monoisotopic (exact) mass is 416 g/mol. The average Bonchev–Trinajstić information content (AvgIpc) is 2.99. The number of aliphatic hydroxyl groups is 1. The van der Waals surface area contributed by atoms with Gasteiger partial charge >= 0.3 is 0 Å². The van der Waals surface area contributed by atoms with Crippen molar-refractivity contribution in [2.75, 3.05) is 27.4 Å². The molecule has 0 radical (unpaired) electrons. The van der Waals surface area contributed by atoms with E-state index in [2.05, 4.69) is 4.98 Å². The van der Waals surface area contributed by atoms with Crippen LogP contribution < -0.4 is 4.74 Å². The van der Waals surface area contributed by atoms with Crippen LogP contribution in [0.2, 0.25) is 5.02 Å². The van der Waals surface area contributed by atoms with Gasteiger partial charge in [0.2, 0.25) is 0 Å². The normalized spacial score (nSPS) is 18.3. The number of ketones is 1. The Morgan fingerprint density at radius 2 is 2.07 bits per heavy atom. The van der Waals surface area contributed by atoms with Gasteiger partial charge in [-0.15, -0.1) is 0 Å². The second kappa shape index (κ2) is 9.07. The zero-order chi connectivity index (χ0) is 21.0. The Morgan fingerprint density at radius 3 is 2.72 bits per heavy atom. The molecule has 0 saturated carbocycles. The van der Waals surface area contributed by atoms with Gasteiger partial charge in [-0.25, -0.2) is 0 Å². The fraction of sp³-hybridized carbons (Fsp3) is 0.286. The number of carbonyl (C=O) groups is 2. The summed E-state index contributed by atoms with van der Waals surface area (Å²) in [4.78, 5) is 31.2. The summed E-state index contributed by atoms with van der Waals surface area (Å²) in [5, 5.41) is 11.3. The van der Waals surface area contributed by atoms with E-state index in [0.29, 0.717) is 30.9 Å². The highest BCUT2D eigenvalue weighted by atomic mass is 35.5. The number of amides is 1. The van der Waals surface area contributed by atoms with Crippen LogP contribution in [-0.2, 0) is 14.3 Å². The van der Waals surface area contributed by atoms with Crippen LogP contribution in [0.4, 0.5) is 0 Å². The number of halogens is 1. The summed E-state index contributed by atoms with van der Waals surface area (Å²) in [6.45, 7) is 0.727. The molecular formula is C21H21ClN2O5. The minimum Gasteiger partial charge on any atom is -0.507 e. The van der Waals surface area contributed by atoms with Gasteiger partial charge in [-0.3, -0.25) is 14.6 Å². The van der Waals surface area contributed by atoms with E-state index in [4.69, 9.17) is 21.1 Å². The van der Waals surface area contributed by atoms with Crippen LogP contribution in [0, 0.1) is 0 Å². The molecule has 2 aromatic rings. The third-order valence-corrected chi connectivity index (χ3v) is 5.05. The van der Waals surface area contributed by atoms with E-state index in [1.165, 1.54) is 18.1 Å². The third kappa shape index (κ3) is 4.11. The number of ether oxygens (including phenoxy) is 2. The summed E-state index contributed by atoms with van der Waals surface area (Å²) in [6.07, 6.45) is 3.71. The summed E-state index contributed by atoms with van der Waals surface area (Å²) in [5.41, 5.74) is 0.801. The van der Waals surface area contributed by atoms with Crippen LogP contribution in [0.3, 0.4) is 0 Å². The molecule has 1 aromatic carbocycles. The van der Waals surface area contributed by atoms with Crippen molar-refractivity contribution in [2.45, 2.75) is 12.5 Å². The minimum absolute atomic E-state index is 0.0319. The number of carbonyl (C=O) groups excluding carboxylic acids is 2. The molecular weight excluding hydrogens is 396 g/mol. The van der Waals surface area contributed by atoms with Gasteiger partial charge in [0.25, 0.3) is 11.7 Å². The Bertz CT molecular complexity index is 945. The molecule has 152 valence electrons. The van der Waals surface area contributed by atoms with Gasteiger partial charge in [0.15, 0.2) is 0 Å². The number of benzene rings is 1. The van der Waals surface area contributed by atoms with E-state index < -0.39 is 17.7 Å². The predicted octanol–water partition coefficient (Wildman–Crippen LogP) is 3.20. The summed E-state index contributed by atoms with van der Waals surface area (Å²) < 4.78 is 10.3. The number of aromatic nitrogens is 1. The zero-order valence-electron chi connectivity index (χ0n) is 16.1. The van der Waals surface area contributed by atoms with Crippen molar-refractivity contribution in [3.8, 4) is 5.75 Å². The van der Waals surface area contributed by atoms with E-state index >= 15 is 0 Å². The van der Waals surface area contributed by atoms with Gasteiger partial charge in [-0.05, 0) is 36.2 Å². The molecule has 1 aromatic heterocycles. The number of hydrogen-bond acceptors (Lipinski definition) is 6. The molecule has 1 aliphatic rings. The second-order valence-corrected chi connectivity index (χ2v) is 6.88. The number of pyridine rings is 1. The molecule has 1 fully saturated rings. The first kappa shape index (κ1) is 20.8. The maximum atomic E-state index is 12.9. The maximum Gasteiger partial charge on any atom is 0.295 e. The van der Waals surface area contributed by atoms with Crippen LogP contribution >= 0.6 is 11.6 Å². The van der Waals surface area contributed by atoms with Gasteiger partial charge in [-0.1, -0.05) is 17.7 Å².